The lowest BCUT2D eigenvalue weighted by molar-refractivity contribution is -0.142. The number of rotatable bonds is 11. The molecule has 1 atom stereocenters. The summed E-state index contributed by atoms with van der Waals surface area (Å²) in [6, 6.07) is 13.8. The van der Waals surface area contributed by atoms with Crippen molar-refractivity contribution in [2.24, 2.45) is 0 Å². The van der Waals surface area contributed by atoms with Gasteiger partial charge in [0.2, 0.25) is 24.4 Å². The minimum absolute atomic E-state index is 0.0854. The number of carbonyl (C=O) groups excluding carboxylic acids is 2. The Morgan fingerprint density at radius 3 is 2.64 bits per heavy atom. The van der Waals surface area contributed by atoms with Crippen LogP contribution in [0, 0.1) is 0 Å². The van der Waals surface area contributed by atoms with Gasteiger partial charge in [0, 0.05) is 23.0 Å². The number of tetrazole rings is 1. The summed E-state index contributed by atoms with van der Waals surface area (Å²) in [5.41, 5.74) is 1.45. The van der Waals surface area contributed by atoms with Gasteiger partial charge in [0.1, 0.15) is 12.6 Å². The number of carbonyl (C=O) groups is 2. The fourth-order valence-electron chi connectivity index (χ4n) is 5.57. The number of nitrogens with zero attached hydrogens (tertiary/aromatic N) is 5. The summed E-state index contributed by atoms with van der Waals surface area (Å²) in [7, 11) is 3.11. The lowest BCUT2D eigenvalue weighted by Crippen LogP contribution is -2.47. The molecular formula is C31H34N6O6S. The molecule has 0 bridgehead atoms. The smallest absolute Gasteiger partial charge is 0.248 e. The Hall–Kier alpha value is -4.65. The predicted molar refractivity (Wildman–Crippen MR) is 162 cm³/mol. The molecule has 0 spiro atoms. The fourth-order valence-corrected chi connectivity index (χ4v) is 6.41. The number of benzene rings is 2. The molecule has 13 heteroatoms. The van der Waals surface area contributed by atoms with Crippen LogP contribution in [0.15, 0.2) is 53.9 Å². The molecule has 2 aromatic carbocycles. The number of aromatic nitrogens is 4. The molecule has 2 aliphatic rings. The second-order valence-electron chi connectivity index (χ2n) is 10.7. The molecule has 0 saturated heterocycles. The zero-order valence-electron chi connectivity index (χ0n) is 24.6. The van der Waals surface area contributed by atoms with E-state index in [0.29, 0.717) is 34.4 Å². The maximum absolute atomic E-state index is 14.1. The van der Waals surface area contributed by atoms with Crippen LogP contribution in [-0.4, -0.2) is 64.0 Å². The average molecular weight is 619 g/mol. The van der Waals surface area contributed by atoms with Crippen LogP contribution in [0.2, 0.25) is 0 Å². The Morgan fingerprint density at radius 1 is 1.05 bits per heavy atom. The first-order valence-electron chi connectivity index (χ1n) is 14.5. The van der Waals surface area contributed by atoms with E-state index in [9.17, 15) is 9.59 Å². The first-order valence-corrected chi connectivity index (χ1v) is 15.4. The molecule has 0 unspecified atom stereocenters. The van der Waals surface area contributed by atoms with Crippen LogP contribution in [0.25, 0.3) is 11.4 Å². The maximum atomic E-state index is 14.1. The van der Waals surface area contributed by atoms with Crippen LogP contribution in [-0.2, 0) is 22.7 Å². The average Bonchev–Trinajstić information content (AvgIpc) is 3.84. The van der Waals surface area contributed by atoms with E-state index in [2.05, 4.69) is 20.7 Å². The predicted octanol–water partition coefficient (Wildman–Crippen LogP) is 4.37. The number of hydrogen-bond donors (Lipinski definition) is 1. The van der Waals surface area contributed by atoms with Crippen molar-refractivity contribution in [2.75, 3.05) is 21.0 Å². The highest BCUT2D eigenvalue weighted by Crippen LogP contribution is 2.35. The van der Waals surface area contributed by atoms with Crippen LogP contribution in [0.5, 0.6) is 23.0 Å². The standard InChI is InChI=1S/C31H34N6O6S/c1-40-23-13-11-21(16-25(23)41-2)30-33-35-37(34-30)18-28(38)36(17-20-10-12-24-26(15-20)43-19-42-24)29(27-9-6-14-44-27)31(39)32-22-7-4-3-5-8-22/h6,9-16,22,29H,3-5,7-8,17-19H2,1-2H3,(H,32,39)/t29-/m0/s1. The van der Waals surface area contributed by atoms with Gasteiger partial charge in [0.05, 0.1) is 14.2 Å². The van der Waals surface area contributed by atoms with Crippen LogP contribution >= 0.6 is 11.3 Å². The van der Waals surface area contributed by atoms with Crippen LogP contribution in [0.4, 0.5) is 0 Å². The number of amides is 2. The summed E-state index contributed by atoms with van der Waals surface area (Å²) in [6.07, 6.45) is 5.19. The number of methoxy groups -OCH3 is 2. The third kappa shape index (κ3) is 6.47. The van der Waals surface area contributed by atoms with Gasteiger partial charge in [-0.1, -0.05) is 31.4 Å². The second kappa shape index (κ2) is 13.3. The summed E-state index contributed by atoms with van der Waals surface area (Å²) in [6.45, 7) is 0.0835. The van der Waals surface area contributed by atoms with Crippen molar-refractivity contribution in [3.8, 4) is 34.4 Å². The van der Waals surface area contributed by atoms with Gasteiger partial charge in [0.15, 0.2) is 23.0 Å². The van der Waals surface area contributed by atoms with Gasteiger partial charge in [-0.05, 0) is 65.4 Å². The van der Waals surface area contributed by atoms with Crippen molar-refractivity contribution in [3.05, 3.63) is 64.4 Å². The molecule has 1 saturated carbocycles. The highest BCUT2D eigenvalue weighted by molar-refractivity contribution is 7.10. The summed E-state index contributed by atoms with van der Waals surface area (Å²) < 4.78 is 21.8. The molecule has 44 heavy (non-hydrogen) atoms. The molecule has 6 rings (SSSR count). The van der Waals surface area contributed by atoms with E-state index in [4.69, 9.17) is 18.9 Å². The second-order valence-corrected chi connectivity index (χ2v) is 11.7. The first kappa shape index (κ1) is 29.4. The SMILES string of the molecule is COc1ccc(-c2nnn(CC(=O)N(Cc3ccc4c(c3)OCO4)[C@H](C(=O)NC3CCCCC3)c3cccs3)n2)cc1OC. The lowest BCUT2D eigenvalue weighted by Gasteiger charge is -2.32. The molecule has 0 radical (unpaired) electrons. The van der Waals surface area contributed by atoms with Crippen LogP contribution in [0.3, 0.4) is 0 Å². The van der Waals surface area contributed by atoms with Gasteiger partial charge < -0.3 is 29.2 Å². The molecule has 1 N–H and O–H groups in total. The maximum Gasteiger partial charge on any atom is 0.248 e. The van der Waals surface area contributed by atoms with Crippen LogP contribution < -0.4 is 24.3 Å². The van der Waals surface area contributed by atoms with Crippen molar-refractivity contribution in [3.63, 3.8) is 0 Å². The topological polar surface area (TPSA) is 130 Å². The Morgan fingerprint density at radius 2 is 1.86 bits per heavy atom. The van der Waals surface area contributed by atoms with Gasteiger partial charge in [0.25, 0.3) is 0 Å². The van der Waals surface area contributed by atoms with Crippen molar-refractivity contribution in [2.45, 2.75) is 57.3 Å². The number of thiophene rings is 1. The Labute approximate surface area is 258 Å². The van der Waals surface area contributed by atoms with E-state index in [1.165, 1.54) is 22.6 Å². The van der Waals surface area contributed by atoms with Gasteiger partial charge in [-0.2, -0.15) is 4.80 Å². The molecule has 230 valence electrons. The van der Waals surface area contributed by atoms with Crippen molar-refractivity contribution < 1.29 is 28.5 Å². The molecule has 1 aliphatic carbocycles. The van der Waals surface area contributed by atoms with E-state index >= 15 is 0 Å². The highest BCUT2D eigenvalue weighted by atomic mass is 32.1. The molecule has 2 aromatic heterocycles. The highest BCUT2D eigenvalue weighted by Gasteiger charge is 2.34. The van der Waals surface area contributed by atoms with Gasteiger partial charge in [-0.25, -0.2) is 0 Å². The third-order valence-electron chi connectivity index (χ3n) is 7.81. The molecule has 4 aromatic rings. The number of nitrogens with one attached hydrogen (secondary N) is 1. The minimum atomic E-state index is -0.844. The first-order chi connectivity index (χ1) is 21.5. The van der Waals surface area contributed by atoms with Crippen molar-refractivity contribution in [1.82, 2.24) is 30.4 Å². The van der Waals surface area contributed by atoms with Crippen molar-refractivity contribution >= 4 is 23.2 Å². The molecule has 12 nitrogen and oxygen atoms in total. The van der Waals surface area contributed by atoms with Crippen molar-refractivity contribution in [1.29, 1.82) is 0 Å². The monoisotopic (exact) mass is 618 g/mol. The molecule has 3 heterocycles. The number of fused-ring (bicyclic) bond motifs is 1. The van der Waals surface area contributed by atoms with E-state index in [1.807, 2.05) is 35.7 Å². The molecular weight excluding hydrogens is 584 g/mol. The zero-order valence-corrected chi connectivity index (χ0v) is 25.4. The summed E-state index contributed by atoms with van der Waals surface area (Å²) in [5.74, 6) is 2.13. The summed E-state index contributed by atoms with van der Waals surface area (Å²) in [5, 5.41) is 17.9. The number of ether oxygens (including phenoxy) is 4. The Bertz CT molecular complexity index is 1600. The third-order valence-corrected chi connectivity index (χ3v) is 8.73. The largest absolute Gasteiger partial charge is 0.493 e. The Kier molecular flexibility index (Phi) is 8.91. The molecule has 1 fully saturated rings. The Balaban J connectivity index is 1.29. The quantitative estimate of drug-likeness (QED) is 0.261. The fraction of sp³-hybridized carbons (Fsp3) is 0.387. The normalized spacial score (nSPS) is 15.0. The molecule has 2 amide bonds. The van der Waals surface area contributed by atoms with E-state index in [1.54, 1.807) is 37.3 Å². The lowest BCUT2D eigenvalue weighted by atomic mass is 9.95. The van der Waals surface area contributed by atoms with Gasteiger partial charge >= 0.3 is 0 Å². The summed E-state index contributed by atoms with van der Waals surface area (Å²) in [4.78, 5) is 31.7. The van der Waals surface area contributed by atoms with E-state index in [-0.39, 0.29) is 37.7 Å². The number of hydrogen-bond acceptors (Lipinski definition) is 10. The van der Waals surface area contributed by atoms with Crippen LogP contribution in [0.1, 0.15) is 48.6 Å². The van der Waals surface area contributed by atoms with E-state index in [0.717, 1.165) is 36.1 Å². The van der Waals surface area contributed by atoms with E-state index < -0.39 is 6.04 Å². The minimum Gasteiger partial charge on any atom is -0.493 e. The van der Waals surface area contributed by atoms with Gasteiger partial charge in [-0.15, -0.1) is 21.5 Å². The zero-order chi connectivity index (χ0) is 30.5. The van der Waals surface area contributed by atoms with Gasteiger partial charge in [-0.3, -0.25) is 9.59 Å². The molecule has 1 aliphatic heterocycles. The summed E-state index contributed by atoms with van der Waals surface area (Å²) >= 11 is 1.44.